The van der Waals surface area contributed by atoms with Gasteiger partial charge < -0.3 is 14.4 Å². The number of likely N-dealkylation sites (tertiary alicyclic amines) is 1. The van der Waals surface area contributed by atoms with E-state index in [-0.39, 0.29) is 11.9 Å². The zero-order valence-electron chi connectivity index (χ0n) is 14.9. The molecule has 1 aromatic heterocycles. The molecule has 0 aliphatic carbocycles. The number of nitrogens with zero attached hydrogens (tertiary/aromatic N) is 3. The van der Waals surface area contributed by atoms with E-state index in [0.29, 0.717) is 29.4 Å². The summed E-state index contributed by atoms with van der Waals surface area (Å²) in [6, 6.07) is 5.24. The molecule has 1 fully saturated rings. The predicted octanol–water partition coefficient (Wildman–Crippen LogP) is 3.17. The molecule has 6 heteroatoms. The first-order valence-electron chi connectivity index (χ1n) is 8.46. The minimum Gasteiger partial charge on any atom is -0.496 e. The molecule has 1 atom stereocenters. The average molecular weight is 341 g/mol. The fourth-order valence-electron chi connectivity index (χ4n) is 3.30. The normalized spacial score (nSPS) is 17.2. The Morgan fingerprint density at radius 3 is 2.36 bits per heavy atom. The maximum Gasteiger partial charge on any atom is 0.254 e. The van der Waals surface area contributed by atoms with Gasteiger partial charge >= 0.3 is 0 Å². The van der Waals surface area contributed by atoms with Gasteiger partial charge in [0.05, 0.1) is 20.3 Å². The van der Waals surface area contributed by atoms with Crippen LogP contribution in [0.1, 0.15) is 47.1 Å². The number of piperidine rings is 1. The highest BCUT2D eigenvalue weighted by molar-refractivity contribution is 5.95. The van der Waals surface area contributed by atoms with Crippen molar-refractivity contribution in [1.29, 1.82) is 0 Å². The quantitative estimate of drug-likeness (QED) is 0.855. The molecule has 1 amide bonds. The van der Waals surface area contributed by atoms with Crippen molar-refractivity contribution in [2.24, 2.45) is 0 Å². The summed E-state index contributed by atoms with van der Waals surface area (Å²) in [6.07, 6.45) is 6.35. The lowest BCUT2D eigenvalue weighted by Crippen LogP contribution is -2.39. The Bertz CT molecular complexity index is 724. The largest absolute Gasteiger partial charge is 0.496 e. The second-order valence-corrected chi connectivity index (χ2v) is 6.12. The van der Waals surface area contributed by atoms with Crippen LogP contribution < -0.4 is 9.47 Å². The summed E-state index contributed by atoms with van der Waals surface area (Å²) in [5.41, 5.74) is 1.44. The van der Waals surface area contributed by atoms with Crippen LogP contribution in [0.4, 0.5) is 0 Å². The molecule has 0 saturated carbocycles. The molecular weight excluding hydrogens is 318 g/mol. The van der Waals surface area contributed by atoms with Gasteiger partial charge in [-0.25, -0.2) is 9.97 Å². The number of aromatic nitrogens is 2. The van der Waals surface area contributed by atoms with E-state index in [1.807, 2.05) is 11.8 Å². The molecule has 1 saturated heterocycles. The van der Waals surface area contributed by atoms with Crippen molar-refractivity contribution in [3.05, 3.63) is 47.5 Å². The Morgan fingerprint density at radius 1 is 1.12 bits per heavy atom. The molecule has 1 aromatic carbocycles. The smallest absolute Gasteiger partial charge is 0.254 e. The number of rotatable bonds is 4. The van der Waals surface area contributed by atoms with Gasteiger partial charge in [0.25, 0.3) is 5.91 Å². The second kappa shape index (κ2) is 7.51. The summed E-state index contributed by atoms with van der Waals surface area (Å²) in [5, 5.41) is 0. The number of methoxy groups -OCH3 is 2. The first kappa shape index (κ1) is 17.2. The van der Waals surface area contributed by atoms with Crippen molar-refractivity contribution in [2.75, 3.05) is 20.8 Å². The fraction of sp³-hybridized carbons (Fsp3) is 0.421. The van der Waals surface area contributed by atoms with Gasteiger partial charge in [0.1, 0.15) is 11.5 Å². The fourth-order valence-corrected chi connectivity index (χ4v) is 3.30. The Morgan fingerprint density at radius 2 is 1.76 bits per heavy atom. The van der Waals surface area contributed by atoms with E-state index in [1.54, 1.807) is 44.8 Å². The number of benzene rings is 1. The van der Waals surface area contributed by atoms with Gasteiger partial charge in [-0.1, -0.05) is 0 Å². The number of ether oxygens (including phenoxy) is 2. The Labute approximate surface area is 147 Å². The molecule has 0 N–H and O–H groups in total. The number of carbonyl (C=O) groups excluding carboxylic acids is 1. The lowest BCUT2D eigenvalue weighted by Gasteiger charge is -2.35. The van der Waals surface area contributed by atoms with E-state index in [2.05, 4.69) is 9.97 Å². The maximum atomic E-state index is 13.2. The molecule has 0 radical (unpaired) electrons. The highest BCUT2D eigenvalue weighted by Crippen LogP contribution is 2.33. The summed E-state index contributed by atoms with van der Waals surface area (Å²) in [5.74, 6) is 1.94. The number of amides is 1. The van der Waals surface area contributed by atoms with E-state index in [0.717, 1.165) is 24.8 Å². The third-order valence-corrected chi connectivity index (χ3v) is 4.65. The summed E-state index contributed by atoms with van der Waals surface area (Å²) in [4.78, 5) is 23.8. The minimum atomic E-state index is -0.0965. The van der Waals surface area contributed by atoms with Crippen LogP contribution in [0, 0.1) is 6.92 Å². The lowest BCUT2D eigenvalue weighted by atomic mass is 9.99. The summed E-state index contributed by atoms with van der Waals surface area (Å²) in [7, 11) is 3.19. The molecule has 25 heavy (non-hydrogen) atoms. The Hall–Kier alpha value is -2.63. The molecule has 2 heterocycles. The Kier molecular flexibility index (Phi) is 5.16. The zero-order chi connectivity index (χ0) is 17.8. The highest BCUT2D eigenvalue weighted by Gasteiger charge is 2.31. The van der Waals surface area contributed by atoms with Crippen LogP contribution >= 0.6 is 0 Å². The molecule has 132 valence electrons. The molecule has 6 nitrogen and oxygen atoms in total. The van der Waals surface area contributed by atoms with E-state index in [9.17, 15) is 4.79 Å². The van der Waals surface area contributed by atoms with Crippen LogP contribution in [0.15, 0.2) is 30.6 Å². The molecule has 0 bridgehead atoms. The molecule has 2 aromatic rings. The SMILES string of the molecule is COc1cc(C(=O)N2CCCCC2c2ncccn2)cc(OC)c1C. The van der Waals surface area contributed by atoms with Crippen LogP contribution in [-0.2, 0) is 0 Å². The van der Waals surface area contributed by atoms with Crippen molar-refractivity contribution in [3.63, 3.8) is 0 Å². The molecular formula is C19H23N3O3. The van der Waals surface area contributed by atoms with Crippen LogP contribution in [-0.4, -0.2) is 41.5 Å². The van der Waals surface area contributed by atoms with Gasteiger partial charge in [-0.15, -0.1) is 0 Å². The van der Waals surface area contributed by atoms with Crippen molar-refractivity contribution < 1.29 is 14.3 Å². The highest BCUT2D eigenvalue weighted by atomic mass is 16.5. The van der Waals surface area contributed by atoms with Crippen LogP contribution in [0.2, 0.25) is 0 Å². The van der Waals surface area contributed by atoms with Crippen LogP contribution in [0.3, 0.4) is 0 Å². The number of carbonyl (C=O) groups is 1. The van der Waals surface area contributed by atoms with Gasteiger partial charge in [-0.2, -0.15) is 0 Å². The first-order valence-corrected chi connectivity index (χ1v) is 8.46. The Balaban J connectivity index is 1.95. The molecule has 1 aliphatic heterocycles. The van der Waals surface area contributed by atoms with Crippen LogP contribution in [0.25, 0.3) is 0 Å². The van der Waals surface area contributed by atoms with Gasteiger partial charge in [-0.05, 0) is 44.4 Å². The summed E-state index contributed by atoms with van der Waals surface area (Å²) >= 11 is 0. The number of hydrogen-bond acceptors (Lipinski definition) is 5. The van der Waals surface area contributed by atoms with E-state index in [4.69, 9.17) is 9.47 Å². The monoisotopic (exact) mass is 341 g/mol. The average Bonchev–Trinajstić information content (AvgIpc) is 2.68. The third kappa shape index (κ3) is 3.43. The van der Waals surface area contributed by atoms with E-state index < -0.39 is 0 Å². The predicted molar refractivity (Wildman–Crippen MR) is 93.9 cm³/mol. The zero-order valence-corrected chi connectivity index (χ0v) is 14.9. The summed E-state index contributed by atoms with van der Waals surface area (Å²) in [6.45, 7) is 2.60. The second-order valence-electron chi connectivity index (χ2n) is 6.12. The standard InChI is InChI=1S/C19H23N3O3/c1-13-16(24-2)11-14(12-17(13)25-3)19(23)22-10-5-4-7-15(22)18-20-8-6-9-21-18/h6,8-9,11-12,15H,4-5,7,10H2,1-3H3. The molecule has 1 unspecified atom stereocenters. The van der Waals surface area contributed by atoms with Gasteiger partial charge in [0.2, 0.25) is 0 Å². The molecule has 1 aliphatic rings. The van der Waals surface area contributed by atoms with Crippen molar-refractivity contribution in [3.8, 4) is 11.5 Å². The molecule has 0 spiro atoms. The molecule has 3 rings (SSSR count). The van der Waals surface area contributed by atoms with Crippen molar-refractivity contribution in [2.45, 2.75) is 32.2 Å². The first-order chi connectivity index (χ1) is 12.2. The van der Waals surface area contributed by atoms with Crippen LogP contribution in [0.5, 0.6) is 11.5 Å². The topological polar surface area (TPSA) is 64.5 Å². The number of hydrogen-bond donors (Lipinski definition) is 0. The lowest BCUT2D eigenvalue weighted by molar-refractivity contribution is 0.0599. The van der Waals surface area contributed by atoms with Crippen molar-refractivity contribution >= 4 is 5.91 Å². The van der Waals surface area contributed by atoms with E-state index >= 15 is 0 Å². The third-order valence-electron chi connectivity index (χ3n) is 4.65. The minimum absolute atomic E-state index is 0.0475. The van der Waals surface area contributed by atoms with E-state index in [1.165, 1.54) is 0 Å². The van der Waals surface area contributed by atoms with Gasteiger partial charge in [-0.3, -0.25) is 4.79 Å². The maximum absolute atomic E-state index is 13.2. The van der Waals surface area contributed by atoms with Gasteiger partial charge in [0.15, 0.2) is 5.82 Å². The van der Waals surface area contributed by atoms with Gasteiger partial charge in [0, 0.05) is 30.1 Å². The van der Waals surface area contributed by atoms with Crippen molar-refractivity contribution in [1.82, 2.24) is 14.9 Å². The summed E-state index contributed by atoms with van der Waals surface area (Å²) < 4.78 is 10.8.